The Bertz CT molecular complexity index is 834. The Balaban J connectivity index is 1.19. The third-order valence-corrected chi connectivity index (χ3v) is 8.15. The average molecular weight is 425 g/mol. The molecule has 1 aliphatic carbocycles. The molecule has 4 aliphatic rings. The highest BCUT2D eigenvalue weighted by Gasteiger charge is 2.52. The second kappa shape index (κ2) is 8.21. The molecule has 2 amide bonds. The van der Waals surface area contributed by atoms with Gasteiger partial charge in [-0.1, -0.05) is 24.6 Å². The summed E-state index contributed by atoms with van der Waals surface area (Å²) in [6, 6.07) is 9.23. The van der Waals surface area contributed by atoms with E-state index < -0.39 is 5.41 Å². The molecule has 1 saturated carbocycles. The van der Waals surface area contributed by atoms with Gasteiger partial charge >= 0.3 is 0 Å². The summed E-state index contributed by atoms with van der Waals surface area (Å²) in [6.45, 7) is 10.1. The van der Waals surface area contributed by atoms with E-state index in [1.54, 1.807) is 0 Å². The predicted octanol–water partition coefficient (Wildman–Crippen LogP) is 2.47. The van der Waals surface area contributed by atoms with E-state index in [4.69, 9.17) is 0 Å². The smallest absolute Gasteiger partial charge is 0.238 e. The minimum Gasteiger partial charge on any atom is -0.339 e. The zero-order valence-electron chi connectivity index (χ0n) is 19.1. The van der Waals surface area contributed by atoms with E-state index in [1.165, 1.54) is 24.8 Å². The maximum Gasteiger partial charge on any atom is 0.238 e. The number of amides is 2. The molecular formula is C25H36N4O2. The molecule has 31 heavy (non-hydrogen) atoms. The van der Waals surface area contributed by atoms with Crippen molar-refractivity contribution in [2.45, 2.75) is 63.5 Å². The molecule has 1 aromatic carbocycles. The molecule has 0 unspecified atom stereocenters. The van der Waals surface area contributed by atoms with Crippen LogP contribution in [0, 0.1) is 0 Å². The molecule has 0 atom stereocenters. The third kappa shape index (κ3) is 3.58. The average Bonchev–Trinajstić information content (AvgIpc) is 2.97. The lowest BCUT2D eigenvalue weighted by molar-refractivity contribution is -0.135. The number of piperidine rings is 1. The summed E-state index contributed by atoms with van der Waals surface area (Å²) < 4.78 is 0. The van der Waals surface area contributed by atoms with E-state index >= 15 is 0 Å². The van der Waals surface area contributed by atoms with Crippen molar-refractivity contribution in [3.63, 3.8) is 0 Å². The largest absolute Gasteiger partial charge is 0.339 e. The van der Waals surface area contributed by atoms with Gasteiger partial charge in [0.25, 0.3) is 0 Å². The zero-order valence-corrected chi connectivity index (χ0v) is 19.1. The van der Waals surface area contributed by atoms with Gasteiger partial charge in [-0.15, -0.1) is 0 Å². The topological polar surface area (TPSA) is 47.1 Å². The number of nitrogens with zero attached hydrogens (tertiary/aromatic N) is 4. The molecule has 168 valence electrons. The van der Waals surface area contributed by atoms with Gasteiger partial charge in [-0.25, -0.2) is 0 Å². The van der Waals surface area contributed by atoms with Gasteiger partial charge < -0.3 is 9.80 Å². The number of hydrogen-bond donors (Lipinski definition) is 0. The van der Waals surface area contributed by atoms with Gasteiger partial charge in [-0.2, -0.15) is 0 Å². The molecule has 3 fully saturated rings. The van der Waals surface area contributed by atoms with Gasteiger partial charge in [0.05, 0.1) is 12.0 Å². The van der Waals surface area contributed by atoms with E-state index in [-0.39, 0.29) is 17.9 Å². The van der Waals surface area contributed by atoms with Crippen molar-refractivity contribution in [2.24, 2.45) is 0 Å². The highest BCUT2D eigenvalue weighted by Crippen LogP contribution is 2.48. The first kappa shape index (κ1) is 21.0. The molecule has 0 N–H and O–H groups in total. The summed E-state index contributed by atoms with van der Waals surface area (Å²) in [7, 11) is 0. The van der Waals surface area contributed by atoms with E-state index in [0.717, 1.165) is 63.8 Å². The van der Waals surface area contributed by atoms with Crippen molar-refractivity contribution in [3.8, 4) is 0 Å². The van der Waals surface area contributed by atoms with E-state index in [9.17, 15) is 9.59 Å². The number of anilines is 1. The number of rotatable bonds is 4. The number of carbonyl (C=O) groups excluding carboxylic acids is 2. The number of para-hydroxylation sites is 1. The summed E-state index contributed by atoms with van der Waals surface area (Å²) in [5, 5.41) is 0. The van der Waals surface area contributed by atoms with Gasteiger partial charge in [-0.3, -0.25) is 19.4 Å². The molecule has 1 aromatic rings. The summed E-state index contributed by atoms with van der Waals surface area (Å²) in [5.41, 5.74) is 1.86. The zero-order chi connectivity index (χ0) is 21.6. The van der Waals surface area contributed by atoms with E-state index in [1.807, 2.05) is 11.0 Å². The van der Waals surface area contributed by atoms with Crippen molar-refractivity contribution in [1.82, 2.24) is 14.7 Å². The van der Waals surface area contributed by atoms with Crippen LogP contribution in [0.5, 0.6) is 0 Å². The molecule has 2 saturated heterocycles. The lowest BCUT2D eigenvalue weighted by atomic mass is 9.73. The normalized spacial score (nSPS) is 24.7. The molecule has 5 rings (SSSR count). The highest BCUT2D eigenvalue weighted by atomic mass is 16.2. The summed E-state index contributed by atoms with van der Waals surface area (Å²) in [5.74, 6) is 0.507. The minimum absolute atomic E-state index is 0.159. The fourth-order valence-corrected chi connectivity index (χ4v) is 6.01. The van der Waals surface area contributed by atoms with Crippen LogP contribution in [-0.2, 0) is 15.0 Å². The lowest BCUT2D eigenvalue weighted by Gasteiger charge is -2.43. The quantitative estimate of drug-likeness (QED) is 0.745. The SMILES string of the molecule is CC(C)N1C(=O)C2(CCN(CC(=O)N3CCN(C4CCC4)CC3)CC2)c2ccccc21. The van der Waals surface area contributed by atoms with Gasteiger partial charge in [-0.05, 0) is 51.2 Å². The molecule has 1 spiro atoms. The first-order valence-electron chi connectivity index (χ1n) is 12.2. The van der Waals surface area contributed by atoms with Crippen LogP contribution < -0.4 is 4.90 Å². The summed E-state index contributed by atoms with van der Waals surface area (Å²) in [4.78, 5) is 35.3. The Hall–Kier alpha value is -1.92. The fraction of sp³-hybridized carbons (Fsp3) is 0.680. The Morgan fingerprint density at radius 2 is 1.71 bits per heavy atom. The van der Waals surface area contributed by atoms with Crippen LogP contribution in [0.2, 0.25) is 0 Å². The van der Waals surface area contributed by atoms with Gasteiger partial charge in [0.2, 0.25) is 11.8 Å². The van der Waals surface area contributed by atoms with Crippen LogP contribution in [0.3, 0.4) is 0 Å². The maximum absolute atomic E-state index is 13.5. The summed E-state index contributed by atoms with van der Waals surface area (Å²) >= 11 is 0. The monoisotopic (exact) mass is 424 g/mol. The standard InChI is InChI=1S/C25H36N4O2/c1-19(2)29-22-9-4-3-8-21(22)25(24(29)31)10-12-26(13-11-25)18-23(30)28-16-14-27(15-17-28)20-6-5-7-20/h3-4,8-9,19-20H,5-7,10-18H2,1-2H3. The van der Waals surface area contributed by atoms with Crippen molar-refractivity contribution in [3.05, 3.63) is 29.8 Å². The Morgan fingerprint density at radius 3 is 2.32 bits per heavy atom. The van der Waals surface area contributed by atoms with Crippen LogP contribution in [-0.4, -0.2) is 84.4 Å². The summed E-state index contributed by atoms with van der Waals surface area (Å²) in [6.07, 6.45) is 5.63. The van der Waals surface area contributed by atoms with Crippen molar-refractivity contribution < 1.29 is 9.59 Å². The third-order valence-electron chi connectivity index (χ3n) is 8.15. The second-order valence-electron chi connectivity index (χ2n) is 10.1. The number of likely N-dealkylation sites (tertiary alicyclic amines) is 1. The Morgan fingerprint density at radius 1 is 1.03 bits per heavy atom. The minimum atomic E-state index is -0.408. The predicted molar refractivity (Wildman–Crippen MR) is 122 cm³/mol. The van der Waals surface area contributed by atoms with Gasteiger partial charge in [0.1, 0.15) is 0 Å². The molecule has 0 radical (unpaired) electrons. The van der Waals surface area contributed by atoms with E-state index in [0.29, 0.717) is 6.54 Å². The van der Waals surface area contributed by atoms with Gasteiger partial charge in [0.15, 0.2) is 0 Å². The van der Waals surface area contributed by atoms with Crippen molar-refractivity contribution >= 4 is 17.5 Å². The fourth-order valence-electron chi connectivity index (χ4n) is 6.01. The molecule has 0 aromatic heterocycles. The number of carbonyl (C=O) groups is 2. The molecule has 0 bridgehead atoms. The Kier molecular flexibility index (Phi) is 5.55. The van der Waals surface area contributed by atoms with Crippen LogP contribution in [0.15, 0.2) is 24.3 Å². The highest BCUT2D eigenvalue weighted by molar-refractivity contribution is 6.08. The maximum atomic E-state index is 13.5. The lowest BCUT2D eigenvalue weighted by Crippen LogP contribution is -2.56. The number of benzene rings is 1. The molecule has 3 heterocycles. The molecule has 3 aliphatic heterocycles. The first-order valence-corrected chi connectivity index (χ1v) is 12.2. The van der Waals surface area contributed by atoms with Crippen LogP contribution in [0.25, 0.3) is 0 Å². The first-order chi connectivity index (χ1) is 15.0. The number of fused-ring (bicyclic) bond motifs is 2. The van der Waals surface area contributed by atoms with Gasteiger partial charge in [0, 0.05) is 57.0 Å². The second-order valence-corrected chi connectivity index (χ2v) is 10.1. The van der Waals surface area contributed by atoms with Crippen LogP contribution in [0.1, 0.15) is 51.5 Å². The number of hydrogen-bond acceptors (Lipinski definition) is 4. The van der Waals surface area contributed by atoms with Crippen LogP contribution >= 0.6 is 0 Å². The molecular weight excluding hydrogens is 388 g/mol. The molecule has 6 heteroatoms. The van der Waals surface area contributed by atoms with Crippen LogP contribution in [0.4, 0.5) is 5.69 Å². The Labute approximate surface area is 186 Å². The molecule has 6 nitrogen and oxygen atoms in total. The van der Waals surface area contributed by atoms with Crippen molar-refractivity contribution in [2.75, 3.05) is 50.7 Å². The van der Waals surface area contributed by atoms with Crippen molar-refractivity contribution in [1.29, 1.82) is 0 Å². The number of piperazine rings is 1. The van der Waals surface area contributed by atoms with E-state index in [2.05, 4.69) is 46.7 Å².